The number of hydrogen-bond donors (Lipinski definition) is 1. The van der Waals surface area contributed by atoms with E-state index in [0.717, 1.165) is 23.3 Å². The highest BCUT2D eigenvalue weighted by Gasteiger charge is 2.13. The zero-order valence-corrected chi connectivity index (χ0v) is 10.3. The van der Waals surface area contributed by atoms with E-state index in [1.54, 1.807) is 7.11 Å². The molecule has 84 valence electrons. The minimum absolute atomic E-state index is 0.0453. The lowest BCUT2D eigenvalue weighted by Crippen LogP contribution is -2.13. The molecule has 0 fully saturated rings. The molecule has 1 aromatic rings. The third-order valence-corrected chi connectivity index (χ3v) is 2.69. The number of aryl methyl sites for hydroxylation is 2. The monoisotopic (exact) mass is 227 g/mol. The third kappa shape index (κ3) is 2.86. The first kappa shape index (κ1) is 12.3. The first-order valence-corrected chi connectivity index (χ1v) is 5.60. The highest BCUT2D eigenvalue weighted by atomic mass is 35.5. The molecule has 15 heavy (non-hydrogen) atoms. The zero-order valence-electron chi connectivity index (χ0n) is 9.51. The van der Waals surface area contributed by atoms with Crippen LogP contribution in [0.2, 0.25) is 0 Å². The molecule has 1 aromatic carbocycles. The van der Waals surface area contributed by atoms with Gasteiger partial charge in [-0.1, -0.05) is 17.7 Å². The number of hydrogen-bond acceptors (Lipinski definition) is 2. The maximum absolute atomic E-state index is 6.06. The van der Waals surface area contributed by atoms with Crippen LogP contribution in [0.1, 0.15) is 29.2 Å². The normalized spacial score (nSPS) is 12.6. The Hall–Kier alpha value is -0.730. The summed E-state index contributed by atoms with van der Waals surface area (Å²) < 4.78 is 5.38. The lowest BCUT2D eigenvalue weighted by molar-refractivity contribution is 0.402. The maximum Gasteiger partial charge on any atom is 0.126 e. The largest absolute Gasteiger partial charge is 0.496 e. The second-order valence-corrected chi connectivity index (χ2v) is 4.17. The highest BCUT2D eigenvalue weighted by Crippen LogP contribution is 2.30. The van der Waals surface area contributed by atoms with E-state index in [2.05, 4.69) is 19.1 Å². The molecular weight excluding hydrogens is 210 g/mol. The second kappa shape index (κ2) is 5.38. The molecule has 0 aromatic heterocycles. The standard InChI is InChI=1S/C12H18ClNO/c1-8-6-9(2)12(15-3)10(7-8)11(14)4-5-13/h6-7,11H,4-5,14H2,1-3H3. The Labute approximate surface area is 96.4 Å². The van der Waals surface area contributed by atoms with E-state index in [1.165, 1.54) is 5.56 Å². The number of alkyl halides is 1. The fourth-order valence-corrected chi connectivity index (χ4v) is 2.05. The molecule has 0 amide bonds. The molecular formula is C12H18ClNO. The van der Waals surface area contributed by atoms with Gasteiger partial charge in [0.05, 0.1) is 7.11 Å². The number of ether oxygens (including phenoxy) is 1. The summed E-state index contributed by atoms with van der Waals surface area (Å²) in [4.78, 5) is 0. The highest BCUT2D eigenvalue weighted by molar-refractivity contribution is 6.17. The smallest absolute Gasteiger partial charge is 0.126 e. The van der Waals surface area contributed by atoms with Gasteiger partial charge in [0, 0.05) is 17.5 Å². The van der Waals surface area contributed by atoms with Gasteiger partial charge in [-0.05, 0) is 25.8 Å². The predicted octanol–water partition coefficient (Wildman–Crippen LogP) is 2.94. The molecule has 3 heteroatoms. The lowest BCUT2D eigenvalue weighted by Gasteiger charge is -2.17. The van der Waals surface area contributed by atoms with Crippen LogP contribution < -0.4 is 10.5 Å². The van der Waals surface area contributed by atoms with E-state index >= 15 is 0 Å². The van der Waals surface area contributed by atoms with Crippen LogP contribution in [0.25, 0.3) is 0 Å². The summed E-state index contributed by atoms with van der Waals surface area (Å²) >= 11 is 5.70. The number of nitrogens with two attached hydrogens (primary N) is 1. The van der Waals surface area contributed by atoms with E-state index in [4.69, 9.17) is 22.1 Å². The van der Waals surface area contributed by atoms with Gasteiger partial charge in [0.25, 0.3) is 0 Å². The van der Waals surface area contributed by atoms with Gasteiger partial charge in [0.1, 0.15) is 5.75 Å². The molecule has 0 aliphatic carbocycles. The minimum Gasteiger partial charge on any atom is -0.496 e. The first-order chi connectivity index (χ1) is 7.10. The summed E-state index contributed by atoms with van der Waals surface area (Å²) in [5, 5.41) is 0. The van der Waals surface area contributed by atoms with Crippen LogP contribution >= 0.6 is 11.6 Å². The molecule has 0 spiro atoms. The van der Waals surface area contributed by atoms with Gasteiger partial charge >= 0.3 is 0 Å². The van der Waals surface area contributed by atoms with Crippen LogP contribution in [0, 0.1) is 13.8 Å². The Balaban J connectivity index is 3.13. The summed E-state index contributed by atoms with van der Waals surface area (Å²) in [6, 6.07) is 4.12. The third-order valence-electron chi connectivity index (χ3n) is 2.47. The van der Waals surface area contributed by atoms with Crippen LogP contribution in [0.5, 0.6) is 5.75 Å². The van der Waals surface area contributed by atoms with Gasteiger partial charge in [-0.15, -0.1) is 11.6 Å². The predicted molar refractivity (Wildman–Crippen MR) is 64.7 cm³/mol. The summed E-state index contributed by atoms with van der Waals surface area (Å²) in [5.74, 6) is 1.45. The van der Waals surface area contributed by atoms with Crippen LogP contribution in [-0.2, 0) is 0 Å². The molecule has 0 bridgehead atoms. The molecule has 0 radical (unpaired) electrons. The van der Waals surface area contributed by atoms with Gasteiger partial charge in [0.15, 0.2) is 0 Å². The van der Waals surface area contributed by atoms with Crippen molar-refractivity contribution in [2.45, 2.75) is 26.3 Å². The summed E-state index contributed by atoms with van der Waals surface area (Å²) in [5.41, 5.74) is 9.43. The average molecular weight is 228 g/mol. The van der Waals surface area contributed by atoms with Crippen LogP contribution in [0.3, 0.4) is 0 Å². The van der Waals surface area contributed by atoms with E-state index in [-0.39, 0.29) is 6.04 Å². The Morgan fingerprint density at radius 2 is 2.07 bits per heavy atom. The lowest BCUT2D eigenvalue weighted by atomic mass is 9.98. The fourth-order valence-electron chi connectivity index (χ4n) is 1.81. The molecule has 0 aliphatic rings. The molecule has 1 rings (SSSR count). The Morgan fingerprint density at radius 3 is 2.60 bits per heavy atom. The first-order valence-electron chi connectivity index (χ1n) is 5.06. The topological polar surface area (TPSA) is 35.2 Å². The van der Waals surface area contributed by atoms with Crippen molar-refractivity contribution in [2.75, 3.05) is 13.0 Å². The van der Waals surface area contributed by atoms with Crippen molar-refractivity contribution in [1.82, 2.24) is 0 Å². The van der Waals surface area contributed by atoms with Crippen LogP contribution in [0.15, 0.2) is 12.1 Å². The Kier molecular flexibility index (Phi) is 4.43. The minimum atomic E-state index is -0.0453. The molecule has 0 heterocycles. The summed E-state index contributed by atoms with van der Waals surface area (Å²) in [7, 11) is 1.68. The van der Waals surface area contributed by atoms with E-state index in [1.807, 2.05) is 6.92 Å². The summed E-state index contributed by atoms with van der Waals surface area (Å²) in [6.45, 7) is 4.09. The fraction of sp³-hybridized carbons (Fsp3) is 0.500. The zero-order chi connectivity index (χ0) is 11.4. The van der Waals surface area contributed by atoms with Crippen molar-refractivity contribution in [1.29, 1.82) is 0 Å². The molecule has 2 nitrogen and oxygen atoms in total. The van der Waals surface area contributed by atoms with E-state index in [9.17, 15) is 0 Å². The number of benzene rings is 1. The van der Waals surface area contributed by atoms with E-state index < -0.39 is 0 Å². The molecule has 0 aliphatic heterocycles. The van der Waals surface area contributed by atoms with Crippen molar-refractivity contribution < 1.29 is 4.74 Å². The van der Waals surface area contributed by atoms with Crippen molar-refractivity contribution in [3.63, 3.8) is 0 Å². The van der Waals surface area contributed by atoms with Crippen molar-refractivity contribution in [3.8, 4) is 5.75 Å². The molecule has 0 saturated carbocycles. The molecule has 0 saturated heterocycles. The van der Waals surface area contributed by atoms with Crippen LogP contribution in [0.4, 0.5) is 0 Å². The van der Waals surface area contributed by atoms with Gasteiger partial charge < -0.3 is 10.5 Å². The van der Waals surface area contributed by atoms with Gasteiger partial charge in [0.2, 0.25) is 0 Å². The second-order valence-electron chi connectivity index (χ2n) is 3.79. The number of halogens is 1. The van der Waals surface area contributed by atoms with Crippen molar-refractivity contribution >= 4 is 11.6 Å². The Morgan fingerprint density at radius 1 is 1.40 bits per heavy atom. The molecule has 1 atom stereocenters. The maximum atomic E-state index is 6.06. The van der Waals surface area contributed by atoms with Gasteiger partial charge in [-0.2, -0.15) is 0 Å². The molecule has 2 N–H and O–H groups in total. The van der Waals surface area contributed by atoms with Gasteiger partial charge in [-0.3, -0.25) is 0 Å². The Bertz CT molecular complexity index is 339. The van der Waals surface area contributed by atoms with E-state index in [0.29, 0.717) is 5.88 Å². The number of rotatable bonds is 4. The van der Waals surface area contributed by atoms with Crippen molar-refractivity contribution in [2.24, 2.45) is 5.73 Å². The average Bonchev–Trinajstić information content (AvgIpc) is 2.17. The quantitative estimate of drug-likeness (QED) is 0.803. The molecule has 1 unspecified atom stereocenters. The van der Waals surface area contributed by atoms with Gasteiger partial charge in [-0.25, -0.2) is 0 Å². The SMILES string of the molecule is COc1c(C)cc(C)cc1C(N)CCCl. The number of methoxy groups -OCH3 is 1. The van der Waals surface area contributed by atoms with Crippen molar-refractivity contribution in [3.05, 3.63) is 28.8 Å². The van der Waals surface area contributed by atoms with Crippen LogP contribution in [-0.4, -0.2) is 13.0 Å². The summed E-state index contributed by atoms with van der Waals surface area (Å²) in [6.07, 6.45) is 0.765.